The summed E-state index contributed by atoms with van der Waals surface area (Å²) in [4.78, 5) is 29.7. The van der Waals surface area contributed by atoms with Crippen LogP contribution in [0.5, 0.6) is 5.75 Å². The number of ether oxygens (including phenoxy) is 1. The van der Waals surface area contributed by atoms with E-state index in [1.165, 1.54) is 11.3 Å². The van der Waals surface area contributed by atoms with E-state index in [9.17, 15) is 9.59 Å². The van der Waals surface area contributed by atoms with E-state index in [-0.39, 0.29) is 17.9 Å². The lowest BCUT2D eigenvalue weighted by Crippen LogP contribution is -2.32. The van der Waals surface area contributed by atoms with Crippen LogP contribution in [-0.2, 0) is 11.2 Å². The molecule has 3 aliphatic heterocycles. The second-order valence-corrected chi connectivity index (χ2v) is 10.4. The first-order chi connectivity index (χ1) is 18.6. The van der Waals surface area contributed by atoms with Crippen molar-refractivity contribution in [2.75, 3.05) is 48.3 Å². The van der Waals surface area contributed by atoms with Crippen LogP contribution in [0, 0.1) is 0 Å². The summed E-state index contributed by atoms with van der Waals surface area (Å²) in [7, 11) is 0. The molecule has 0 aromatic heterocycles. The maximum Gasteiger partial charge on any atom is 0.258 e. The van der Waals surface area contributed by atoms with Gasteiger partial charge in [-0.15, -0.1) is 0 Å². The Labute approximate surface area is 223 Å². The zero-order valence-corrected chi connectivity index (χ0v) is 21.8. The monoisotopic (exact) mass is 510 g/mol. The fourth-order valence-electron chi connectivity index (χ4n) is 5.67. The molecule has 6 rings (SSSR count). The third-order valence-electron chi connectivity index (χ3n) is 7.77. The maximum absolute atomic E-state index is 13.9. The fourth-order valence-corrected chi connectivity index (χ4v) is 5.67. The van der Waals surface area contributed by atoms with Gasteiger partial charge in [0, 0.05) is 48.9 Å². The van der Waals surface area contributed by atoms with Gasteiger partial charge in [-0.1, -0.05) is 18.2 Å². The van der Waals surface area contributed by atoms with Crippen molar-refractivity contribution in [3.05, 3.63) is 71.8 Å². The first kappa shape index (κ1) is 24.3. The van der Waals surface area contributed by atoms with Crippen molar-refractivity contribution in [2.45, 2.75) is 38.6 Å². The molecule has 0 radical (unpaired) electrons. The Kier molecular flexibility index (Phi) is 6.66. The number of carbonyl (C=O) groups excluding carboxylic acids is 2. The predicted molar refractivity (Wildman–Crippen MR) is 151 cm³/mol. The Balaban J connectivity index is 1.32. The van der Waals surface area contributed by atoms with Crippen molar-refractivity contribution >= 4 is 28.9 Å². The van der Waals surface area contributed by atoms with E-state index in [0.29, 0.717) is 37.4 Å². The smallest absolute Gasteiger partial charge is 0.258 e. The van der Waals surface area contributed by atoms with Gasteiger partial charge in [0.25, 0.3) is 5.91 Å². The minimum Gasteiger partial charge on any atom is -0.491 e. The normalized spacial score (nSPS) is 18.3. The molecule has 1 unspecified atom stereocenters. The van der Waals surface area contributed by atoms with E-state index in [0.717, 1.165) is 54.9 Å². The molecule has 0 aliphatic carbocycles. The lowest BCUT2D eigenvalue weighted by Gasteiger charge is -2.23. The summed E-state index contributed by atoms with van der Waals surface area (Å²) in [6.45, 7) is 5.44. The number of hydrogen-bond acceptors (Lipinski definition) is 5. The zero-order valence-electron chi connectivity index (χ0n) is 21.8. The van der Waals surface area contributed by atoms with Crippen molar-refractivity contribution in [1.82, 2.24) is 4.90 Å². The molecule has 2 N–H and O–H groups in total. The quantitative estimate of drug-likeness (QED) is 0.479. The number of likely N-dealkylation sites (tertiary alicyclic amines) is 1. The fraction of sp³-hybridized carbons (Fsp3) is 0.355. The summed E-state index contributed by atoms with van der Waals surface area (Å²) in [5.74, 6) is 0.812. The Hall–Kier alpha value is -4.00. The highest BCUT2D eigenvalue weighted by atomic mass is 16.5. The van der Waals surface area contributed by atoms with Gasteiger partial charge in [-0.3, -0.25) is 9.59 Å². The summed E-state index contributed by atoms with van der Waals surface area (Å²) >= 11 is 0. The highest BCUT2D eigenvalue weighted by Crippen LogP contribution is 2.36. The van der Waals surface area contributed by atoms with Crippen LogP contribution in [0.15, 0.2) is 60.7 Å². The molecule has 0 saturated carbocycles. The number of para-hydroxylation sites is 2. The average Bonchev–Trinajstić information content (AvgIpc) is 3.53. The Bertz CT molecular complexity index is 1370. The average molecular weight is 511 g/mol. The van der Waals surface area contributed by atoms with Crippen molar-refractivity contribution in [3.8, 4) is 16.9 Å². The van der Waals surface area contributed by atoms with Gasteiger partial charge in [0.15, 0.2) is 0 Å². The molecule has 2 amide bonds. The molecule has 3 heterocycles. The molecule has 1 saturated heterocycles. The van der Waals surface area contributed by atoms with Crippen molar-refractivity contribution < 1.29 is 14.3 Å². The van der Waals surface area contributed by atoms with Crippen LogP contribution < -0.4 is 20.3 Å². The topological polar surface area (TPSA) is 73.9 Å². The number of benzene rings is 3. The number of amides is 2. The van der Waals surface area contributed by atoms with Crippen LogP contribution in [0.4, 0.5) is 17.1 Å². The summed E-state index contributed by atoms with van der Waals surface area (Å²) in [6, 6.07) is 20.5. The third kappa shape index (κ3) is 4.80. The van der Waals surface area contributed by atoms with Gasteiger partial charge in [0.1, 0.15) is 12.4 Å². The molecule has 38 heavy (non-hydrogen) atoms. The molecular weight excluding hydrogens is 476 g/mol. The number of carbonyl (C=O) groups is 2. The minimum absolute atomic E-state index is 0.0439. The Morgan fingerprint density at radius 2 is 1.92 bits per heavy atom. The molecule has 3 aromatic carbocycles. The van der Waals surface area contributed by atoms with Gasteiger partial charge in [-0.2, -0.15) is 0 Å². The number of fused-ring (bicyclic) bond motifs is 2. The maximum atomic E-state index is 13.9. The van der Waals surface area contributed by atoms with E-state index in [1.54, 1.807) is 0 Å². The van der Waals surface area contributed by atoms with Crippen LogP contribution in [0.25, 0.3) is 11.1 Å². The Morgan fingerprint density at radius 1 is 1.03 bits per heavy atom. The molecule has 3 aromatic rings. The standard InChI is InChI=1S/C31H34N4O3/c1-21-13-16-35(28-6-3-2-5-27(28)33-21)31(37)24-8-10-25(22-9-11-26-23(19-22)12-14-32-26)29(20-24)38-18-17-34-15-4-7-30(34)36/h2-3,5-6,8-11,19-21,32-33H,4,7,12-18H2,1H3. The first-order valence-electron chi connectivity index (χ1n) is 13.7. The van der Waals surface area contributed by atoms with Gasteiger partial charge in [-0.05, 0) is 79.8 Å². The molecule has 1 fully saturated rings. The van der Waals surface area contributed by atoms with Crippen LogP contribution >= 0.6 is 0 Å². The summed E-state index contributed by atoms with van der Waals surface area (Å²) < 4.78 is 6.32. The number of rotatable bonds is 6. The largest absolute Gasteiger partial charge is 0.491 e. The highest BCUT2D eigenvalue weighted by molar-refractivity contribution is 6.08. The summed E-state index contributed by atoms with van der Waals surface area (Å²) in [5, 5.41) is 6.94. The van der Waals surface area contributed by atoms with Gasteiger partial charge >= 0.3 is 0 Å². The number of hydrogen-bond donors (Lipinski definition) is 2. The van der Waals surface area contributed by atoms with Crippen molar-refractivity contribution in [2.24, 2.45) is 0 Å². The first-order valence-corrected chi connectivity index (χ1v) is 13.7. The van der Waals surface area contributed by atoms with Crippen LogP contribution in [-0.4, -0.2) is 55.5 Å². The van der Waals surface area contributed by atoms with Crippen LogP contribution in [0.1, 0.15) is 42.1 Å². The molecule has 7 heteroatoms. The van der Waals surface area contributed by atoms with Crippen LogP contribution in [0.3, 0.4) is 0 Å². The van der Waals surface area contributed by atoms with E-state index >= 15 is 0 Å². The molecule has 0 bridgehead atoms. The number of nitrogens with zero attached hydrogens (tertiary/aromatic N) is 2. The van der Waals surface area contributed by atoms with Crippen molar-refractivity contribution in [3.63, 3.8) is 0 Å². The predicted octanol–water partition coefficient (Wildman–Crippen LogP) is 5.17. The minimum atomic E-state index is -0.0439. The number of anilines is 3. The molecule has 0 spiro atoms. The van der Waals surface area contributed by atoms with Crippen LogP contribution in [0.2, 0.25) is 0 Å². The second-order valence-electron chi connectivity index (χ2n) is 10.4. The number of nitrogens with one attached hydrogen (secondary N) is 2. The van der Waals surface area contributed by atoms with Gasteiger partial charge < -0.3 is 25.2 Å². The molecule has 3 aliphatic rings. The SMILES string of the molecule is CC1CCN(C(=O)c2ccc(-c3ccc4c(c3)CCN4)c(OCCN3CCCC3=O)c2)c2ccccc2N1. The molecular formula is C31H34N4O3. The summed E-state index contributed by atoms with van der Waals surface area (Å²) in [5.41, 5.74) is 6.95. The molecule has 7 nitrogen and oxygen atoms in total. The van der Waals surface area contributed by atoms with Crippen molar-refractivity contribution in [1.29, 1.82) is 0 Å². The van der Waals surface area contributed by atoms with E-state index in [2.05, 4.69) is 35.8 Å². The third-order valence-corrected chi connectivity index (χ3v) is 7.77. The van der Waals surface area contributed by atoms with Gasteiger partial charge in [0.2, 0.25) is 5.91 Å². The summed E-state index contributed by atoms with van der Waals surface area (Å²) in [6.07, 6.45) is 3.37. The van der Waals surface area contributed by atoms with Gasteiger partial charge in [-0.25, -0.2) is 0 Å². The molecule has 196 valence electrons. The highest BCUT2D eigenvalue weighted by Gasteiger charge is 2.26. The Morgan fingerprint density at radius 3 is 2.79 bits per heavy atom. The zero-order chi connectivity index (χ0) is 26.1. The van der Waals surface area contributed by atoms with E-state index in [4.69, 9.17) is 4.74 Å². The molecule has 1 atom stereocenters. The lowest BCUT2D eigenvalue weighted by molar-refractivity contribution is -0.128. The van der Waals surface area contributed by atoms with Gasteiger partial charge in [0.05, 0.1) is 17.9 Å². The second kappa shape index (κ2) is 10.4. The lowest BCUT2D eigenvalue weighted by atomic mass is 9.99. The van der Waals surface area contributed by atoms with E-state index in [1.807, 2.05) is 52.3 Å². The van der Waals surface area contributed by atoms with E-state index < -0.39 is 0 Å².